The molecule has 0 aliphatic carbocycles. The minimum atomic E-state index is -3.80. The fourth-order valence-electron chi connectivity index (χ4n) is 5.76. The first kappa shape index (κ1) is 39.0. The van der Waals surface area contributed by atoms with E-state index in [1.165, 1.54) is 13.8 Å². The zero-order chi connectivity index (χ0) is 35.5. The fraction of sp³-hybridized carbons (Fsp3) is 0.571. The van der Waals surface area contributed by atoms with Gasteiger partial charge in [0.25, 0.3) is 5.91 Å². The molecule has 3 rings (SSSR count). The van der Waals surface area contributed by atoms with Gasteiger partial charge in [0.15, 0.2) is 9.84 Å². The highest BCUT2D eigenvalue weighted by molar-refractivity contribution is 7.91. The topological polar surface area (TPSA) is 145 Å². The molecule has 1 saturated heterocycles. The fourth-order valence-corrected chi connectivity index (χ4v) is 7.44. The molecule has 0 saturated carbocycles. The van der Waals surface area contributed by atoms with Crippen molar-refractivity contribution in [2.45, 2.75) is 96.9 Å². The van der Waals surface area contributed by atoms with Crippen LogP contribution in [-0.4, -0.2) is 78.5 Å². The number of benzene rings is 2. The molecule has 3 atom stereocenters. The van der Waals surface area contributed by atoms with Gasteiger partial charge >= 0.3 is 6.03 Å². The van der Waals surface area contributed by atoms with Crippen LogP contribution in [0.25, 0.3) is 0 Å². The van der Waals surface area contributed by atoms with Gasteiger partial charge in [-0.25, -0.2) is 22.0 Å². The highest BCUT2D eigenvalue weighted by atomic mass is 32.2. The van der Waals surface area contributed by atoms with E-state index in [4.69, 9.17) is 0 Å². The van der Waals surface area contributed by atoms with E-state index in [2.05, 4.69) is 16.0 Å². The predicted octanol–water partition coefficient (Wildman–Crippen LogP) is 4.04. The Morgan fingerprint density at radius 3 is 2.27 bits per heavy atom. The maximum Gasteiger partial charge on any atom is 0.325 e. The molecule has 1 aliphatic heterocycles. The number of aliphatic hydroxyl groups excluding tert-OH is 1. The molecule has 1 heterocycles. The van der Waals surface area contributed by atoms with E-state index >= 15 is 0 Å². The van der Waals surface area contributed by atoms with E-state index in [1.54, 1.807) is 0 Å². The second-order valence-corrected chi connectivity index (χ2v) is 15.4. The standard InChI is InChI=1S/C35H50F2N4O6S/c1-5-7-8-9-10-14-48(46,47)23-27(22-41-33(44)35(3,4)40-34(41)45)32(43)39-30(18-26-16-28(36)19-29(37)17-26)31(42)21-38-20-25-13-11-12-24(6-2)15-25/h11-13,15-17,19,27,30-31,38,42H,5-10,14,18,20-23H2,1-4H3,(H,39,43)(H,40,45). The lowest BCUT2D eigenvalue weighted by molar-refractivity contribution is -0.132. The van der Waals surface area contributed by atoms with Gasteiger partial charge < -0.3 is 21.1 Å². The summed E-state index contributed by atoms with van der Waals surface area (Å²) in [5.41, 5.74) is 1.05. The smallest absolute Gasteiger partial charge is 0.325 e. The number of aryl methyl sites for hydroxylation is 1. The molecule has 48 heavy (non-hydrogen) atoms. The third-order valence-corrected chi connectivity index (χ3v) is 10.3. The van der Waals surface area contributed by atoms with Crippen molar-refractivity contribution in [3.8, 4) is 0 Å². The molecule has 0 aromatic heterocycles. The van der Waals surface area contributed by atoms with Crippen LogP contribution in [0.2, 0.25) is 0 Å². The Balaban J connectivity index is 1.83. The second-order valence-electron chi connectivity index (χ2n) is 13.2. The van der Waals surface area contributed by atoms with Crippen molar-refractivity contribution in [3.63, 3.8) is 0 Å². The summed E-state index contributed by atoms with van der Waals surface area (Å²) in [6.07, 6.45) is 3.38. The zero-order valence-corrected chi connectivity index (χ0v) is 29.2. The number of halogens is 2. The maximum atomic E-state index is 14.1. The van der Waals surface area contributed by atoms with Gasteiger partial charge in [-0.2, -0.15) is 0 Å². The highest BCUT2D eigenvalue weighted by Gasteiger charge is 2.46. The van der Waals surface area contributed by atoms with Crippen LogP contribution in [0, 0.1) is 17.6 Å². The Bertz CT molecular complexity index is 1500. The summed E-state index contributed by atoms with van der Waals surface area (Å²) in [6, 6.07) is 8.94. The molecule has 0 bridgehead atoms. The first-order chi connectivity index (χ1) is 22.6. The molecular formula is C35H50F2N4O6S. The lowest BCUT2D eigenvalue weighted by Gasteiger charge is -2.28. The van der Waals surface area contributed by atoms with E-state index in [0.717, 1.165) is 53.8 Å². The van der Waals surface area contributed by atoms with E-state index < -0.39 is 75.2 Å². The van der Waals surface area contributed by atoms with Gasteiger partial charge in [-0.15, -0.1) is 0 Å². The average molecular weight is 693 g/mol. The number of imide groups is 1. The number of amides is 4. The van der Waals surface area contributed by atoms with Gasteiger partial charge in [-0.3, -0.25) is 14.5 Å². The number of unbranched alkanes of at least 4 members (excludes halogenated alkanes) is 4. The van der Waals surface area contributed by atoms with E-state index in [0.29, 0.717) is 25.5 Å². The van der Waals surface area contributed by atoms with Gasteiger partial charge in [0.1, 0.15) is 17.2 Å². The van der Waals surface area contributed by atoms with Crippen LogP contribution >= 0.6 is 0 Å². The molecule has 4 amide bonds. The largest absolute Gasteiger partial charge is 0.390 e. The minimum Gasteiger partial charge on any atom is -0.390 e. The van der Waals surface area contributed by atoms with E-state index in [9.17, 15) is 36.7 Å². The van der Waals surface area contributed by atoms with Crippen molar-refractivity contribution in [1.29, 1.82) is 0 Å². The SMILES string of the molecule is CCCCCCCS(=O)(=O)CC(CN1C(=O)NC(C)(C)C1=O)C(=O)NC(Cc1cc(F)cc(F)c1)C(O)CNCc1cccc(CC)c1. The number of urea groups is 1. The molecule has 0 spiro atoms. The predicted molar refractivity (Wildman–Crippen MR) is 181 cm³/mol. The average Bonchev–Trinajstić information content (AvgIpc) is 3.20. The van der Waals surface area contributed by atoms with Gasteiger partial charge in [0, 0.05) is 25.7 Å². The first-order valence-corrected chi connectivity index (χ1v) is 18.5. The summed E-state index contributed by atoms with van der Waals surface area (Å²) in [6.45, 7) is 6.99. The van der Waals surface area contributed by atoms with Crippen LogP contribution in [0.15, 0.2) is 42.5 Å². The third-order valence-electron chi connectivity index (χ3n) is 8.48. The van der Waals surface area contributed by atoms with Crippen LogP contribution in [0.3, 0.4) is 0 Å². The number of nitrogens with zero attached hydrogens (tertiary/aromatic N) is 1. The third kappa shape index (κ3) is 11.9. The van der Waals surface area contributed by atoms with Crippen molar-refractivity contribution in [3.05, 3.63) is 70.8 Å². The van der Waals surface area contributed by atoms with E-state index in [-0.39, 0.29) is 24.3 Å². The number of hydrogen-bond acceptors (Lipinski definition) is 7. The zero-order valence-electron chi connectivity index (χ0n) is 28.4. The lowest BCUT2D eigenvalue weighted by atomic mass is 9.99. The summed E-state index contributed by atoms with van der Waals surface area (Å²) in [5.74, 6) is -5.24. The van der Waals surface area contributed by atoms with Crippen LogP contribution in [0.4, 0.5) is 13.6 Å². The van der Waals surface area contributed by atoms with Crippen molar-refractivity contribution in [2.24, 2.45) is 5.92 Å². The van der Waals surface area contributed by atoms with Gasteiger partial charge in [-0.05, 0) is 61.9 Å². The number of sulfone groups is 1. The second kappa shape index (κ2) is 17.8. The monoisotopic (exact) mass is 692 g/mol. The molecule has 13 heteroatoms. The van der Waals surface area contributed by atoms with Crippen molar-refractivity contribution in [2.75, 3.05) is 24.6 Å². The molecular weight excluding hydrogens is 642 g/mol. The molecule has 2 aromatic rings. The summed E-state index contributed by atoms with van der Waals surface area (Å²) in [7, 11) is -3.80. The van der Waals surface area contributed by atoms with Gasteiger partial charge in [-0.1, -0.05) is 63.8 Å². The summed E-state index contributed by atoms with van der Waals surface area (Å²) < 4.78 is 54.6. The molecule has 0 radical (unpaired) electrons. The molecule has 4 N–H and O–H groups in total. The molecule has 2 aromatic carbocycles. The molecule has 3 unspecified atom stereocenters. The lowest BCUT2D eigenvalue weighted by Crippen LogP contribution is -2.53. The normalized spacial score (nSPS) is 16.4. The summed E-state index contributed by atoms with van der Waals surface area (Å²) in [4.78, 5) is 40.4. The molecule has 1 fully saturated rings. The Labute approximate surface area is 283 Å². The molecule has 10 nitrogen and oxygen atoms in total. The Morgan fingerprint density at radius 2 is 1.65 bits per heavy atom. The van der Waals surface area contributed by atoms with Gasteiger partial charge in [0.05, 0.1) is 29.6 Å². The van der Waals surface area contributed by atoms with Crippen LogP contribution in [-0.2, 0) is 38.8 Å². The van der Waals surface area contributed by atoms with Crippen molar-refractivity contribution in [1.82, 2.24) is 20.9 Å². The molecule has 266 valence electrons. The number of aliphatic hydroxyl groups is 1. The quantitative estimate of drug-likeness (QED) is 0.121. The van der Waals surface area contributed by atoms with Crippen LogP contribution in [0.5, 0.6) is 0 Å². The van der Waals surface area contributed by atoms with Crippen molar-refractivity contribution < 1.29 is 36.7 Å². The van der Waals surface area contributed by atoms with Gasteiger partial charge in [0.2, 0.25) is 5.91 Å². The number of carbonyl (C=O) groups is 3. The minimum absolute atomic E-state index is 0.0129. The summed E-state index contributed by atoms with van der Waals surface area (Å²) in [5, 5.41) is 19.6. The number of hydrogen-bond donors (Lipinski definition) is 4. The number of rotatable bonds is 20. The number of carbonyl (C=O) groups excluding carboxylic acids is 3. The van der Waals surface area contributed by atoms with Crippen molar-refractivity contribution >= 4 is 27.7 Å². The first-order valence-electron chi connectivity index (χ1n) is 16.7. The maximum absolute atomic E-state index is 14.1. The van der Waals surface area contributed by atoms with E-state index in [1.807, 2.05) is 38.1 Å². The Hall–Kier alpha value is -3.42. The number of nitrogens with one attached hydrogen (secondary N) is 3. The Kier molecular flexibility index (Phi) is 14.5. The van der Waals surface area contributed by atoms with Crippen LogP contribution in [0.1, 0.15) is 76.5 Å². The summed E-state index contributed by atoms with van der Waals surface area (Å²) >= 11 is 0. The molecule has 1 aliphatic rings. The van der Waals surface area contributed by atoms with Crippen LogP contribution < -0.4 is 16.0 Å². The highest BCUT2D eigenvalue weighted by Crippen LogP contribution is 2.20. The Morgan fingerprint density at radius 1 is 0.979 bits per heavy atom.